The number of pyridine rings is 1. The molecule has 18 heavy (non-hydrogen) atoms. The Labute approximate surface area is 133 Å². The van der Waals surface area contributed by atoms with Crippen molar-refractivity contribution in [3.63, 3.8) is 0 Å². The lowest BCUT2D eigenvalue weighted by Gasteiger charge is -2.10. The number of ether oxygens (including phenoxy) is 1. The van der Waals surface area contributed by atoms with Crippen molar-refractivity contribution in [2.75, 3.05) is 27.2 Å². The predicted molar refractivity (Wildman–Crippen MR) is 85.6 cm³/mol. The molecule has 0 aromatic carbocycles. The van der Waals surface area contributed by atoms with Gasteiger partial charge in [-0.25, -0.2) is 4.98 Å². The van der Waals surface area contributed by atoms with Crippen molar-refractivity contribution in [3.8, 4) is 5.88 Å². The monoisotopic (exact) mass is 404 g/mol. The number of nitrogens with zero attached hydrogens (tertiary/aromatic N) is 2. The lowest BCUT2D eigenvalue weighted by molar-refractivity contribution is 0.310. The first-order valence-corrected chi connectivity index (χ1v) is 5.75. The molecule has 1 aromatic heterocycles. The molecule has 0 unspecified atom stereocenters. The smallest absolute Gasteiger partial charge is 0.232 e. The number of hydrogen-bond acceptors (Lipinski definition) is 3. The number of nitrogens with one attached hydrogen (secondary N) is 2. The van der Waals surface area contributed by atoms with Crippen molar-refractivity contribution in [2.24, 2.45) is 4.99 Å². The van der Waals surface area contributed by atoms with Crippen LogP contribution < -0.4 is 15.4 Å². The molecule has 8 heteroatoms. The van der Waals surface area contributed by atoms with Gasteiger partial charge >= 0.3 is 0 Å². The van der Waals surface area contributed by atoms with Crippen LogP contribution in [0.1, 0.15) is 0 Å². The van der Waals surface area contributed by atoms with E-state index in [0.29, 0.717) is 35.0 Å². The summed E-state index contributed by atoms with van der Waals surface area (Å²) in [5.41, 5.74) is 0. The first-order chi connectivity index (χ1) is 8.17. The summed E-state index contributed by atoms with van der Waals surface area (Å²) < 4.78 is 5.38. The molecule has 0 amide bonds. The highest BCUT2D eigenvalue weighted by Gasteiger charge is 2.03. The fourth-order valence-corrected chi connectivity index (χ4v) is 1.54. The molecule has 2 N–H and O–H groups in total. The fraction of sp³-hybridized carbons (Fsp3) is 0.400. The molecule has 0 aliphatic carbocycles. The summed E-state index contributed by atoms with van der Waals surface area (Å²) in [6.07, 6.45) is 1.49. The first-order valence-electron chi connectivity index (χ1n) is 4.99. The summed E-state index contributed by atoms with van der Waals surface area (Å²) in [6.45, 7) is 1.02. The van der Waals surface area contributed by atoms with Gasteiger partial charge < -0.3 is 15.4 Å². The predicted octanol–water partition coefficient (Wildman–Crippen LogP) is 2.18. The summed E-state index contributed by atoms with van der Waals surface area (Å²) in [5.74, 6) is 1.07. The van der Waals surface area contributed by atoms with Crippen molar-refractivity contribution >= 4 is 53.1 Å². The van der Waals surface area contributed by atoms with Crippen molar-refractivity contribution < 1.29 is 4.74 Å². The van der Waals surface area contributed by atoms with Crippen LogP contribution in [0, 0.1) is 0 Å². The quantitative estimate of drug-likeness (QED) is 0.349. The standard InChI is InChI=1S/C10H14Cl2N4O.HI/c1-13-10(14-2)15-3-4-17-9-8(12)5-7(11)6-16-9;/h5-6H,3-4H2,1-2H3,(H2,13,14,15);1H. The van der Waals surface area contributed by atoms with Crippen LogP contribution in [0.4, 0.5) is 0 Å². The van der Waals surface area contributed by atoms with Gasteiger partial charge in [0.15, 0.2) is 5.96 Å². The maximum atomic E-state index is 5.90. The van der Waals surface area contributed by atoms with E-state index < -0.39 is 0 Å². The molecule has 102 valence electrons. The fourth-order valence-electron chi connectivity index (χ4n) is 1.10. The second kappa shape index (κ2) is 9.46. The Bertz CT molecular complexity index is 403. The lowest BCUT2D eigenvalue weighted by atomic mass is 10.5. The van der Waals surface area contributed by atoms with E-state index in [1.807, 2.05) is 0 Å². The first kappa shape index (κ1) is 17.5. The second-order valence-corrected chi connectivity index (χ2v) is 3.88. The summed E-state index contributed by atoms with van der Waals surface area (Å²) in [6, 6.07) is 1.59. The number of guanidine groups is 1. The van der Waals surface area contributed by atoms with Crippen LogP contribution in [0.3, 0.4) is 0 Å². The van der Waals surface area contributed by atoms with Crippen LogP contribution in [0.5, 0.6) is 5.88 Å². The number of aliphatic imine (C=N–C) groups is 1. The summed E-state index contributed by atoms with van der Waals surface area (Å²) in [4.78, 5) is 7.94. The van der Waals surface area contributed by atoms with E-state index in [0.717, 1.165) is 0 Å². The molecule has 0 saturated carbocycles. The minimum Gasteiger partial charge on any atom is -0.475 e. The average Bonchev–Trinajstić information content (AvgIpc) is 2.32. The molecule has 0 bridgehead atoms. The Balaban J connectivity index is 0.00000289. The SMILES string of the molecule is CN=C(NC)NCCOc1ncc(Cl)cc1Cl.I. The van der Waals surface area contributed by atoms with E-state index in [-0.39, 0.29) is 24.0 Å². The Morgan fingerprint density at radius 2 is 2.22 bits per heavy atom. The number of halogens is 3. The molecule has 0 saturated heterocycles. The van der Waals surface area contributed by atoms with Gasteiger partial charge in [0.05, 0.1) is 11.6 Å². The van der Waals surface area contributed by atoms with Gasteiger partial charge in [-0.1, -0.05) is 23.2 Å². The minimum atomic E-state index is 0. The Kier molecular flexibility index (Phi) is 9.21. The topological polar surface area (TPSA) is 58.5 Å². The summed E-state index contributed by atoms with van der Waals surface area (Å²) in [7, 11) is 3.48. The molecule has 1 rings (SSSR count). The van der Waals surface area contributed by atoms with Crippen LogP contribution in [0.15, 0.2) is 17.3 Å². The lowest BCUT2D eigenvalue weighted by Crippen LogP contribution is -2.37. The summed E-state index contributed by atoms with van der Waals surface area (Å²) in [5, 5.41) is 6.81. The van der Waals surface area contributed by atoms with E-state index in [2.05, 4.69) is 20.6 Å². The van der Waals surface area contributed by atoms with E-state index in [9.17, 15) is 0 Å². The van der Waals surface area contributed by atoms with Crippen molar-refractivity contribution in [3.05, 3.63) is 22.3 Å². The van der Waals surface area contributed by atoms with E-state index in [1.54, 1.807) is 20.2 Å². The third-order valence-corrected chi connectivity index (χ3v) is 2.35. The molecular weight excluding hydrogens is 390 g/mol. The van der Waals surface area contributed by atoms with Crippen molar-refractivity contribution in [1.29, 1.82) is 0 Å². The number of hydrogen-bond donors (Lipinski definition) is 2. The van der Waals surface area contributed by atoms with Crippen LogP contribution in [0.25, 0.3) is 0 Å². The van der Waals surface area contributed by atoms with E-state index >= 15 is 0 Å². The number of rotatable bonds is 4. The van der Waals surface area contributed by atoms with Gasteiger partial charge in [-0.15, -0.1) is 24.0 Å². The highest BCUT2D eigenvalue weighted by Crippen LogP contribution is 2.24. The highest BCUT2D eigenvalue weighted by molar-refractivity contribution is 14.0. The highest BCUT2D eigenvalue weighted by atomic mass is 127. The molecule has 1 heterocycles. The van der Waals surface area contributed by atoms with Gasteiger partial charge in [0, 0.05) is 20.3 Å². The zero-order valence-electron chi connectivity index (χ0n) is 10.0. The summed E-state index contributed by atoms with van der Waals surface area (Å²) >= 11 is 11.6. The Morgan fingerprint density at radius 3 is 2.78 bits per heavy atom. The maximum absolute atomic E-state index is 5.90. The van der Waals surface area contributed by atoms with Crippen LogP contribution in [-0.2, 0) is 0 Å². The second-order valence-electron chi connectivity index (χ2n) is 3.04. The number of aromatic nitrogens is 1. The molecule has 1 aromatic rings. The normalized spacial score (nSPS) is 10.6. The van der Waals surface area contributed by atoms with Crippen LogP contribution >= 0.6 is 47.2 Å². The van der Waals surface area contributed by atoms with Crippen LogP contribution in [-0.4, -0.2) is 38.2 Å². The average molecular weight is 405 g/mol. The van der Waals surface area contributed by atoms with E-state index in [4.69, 9.17) is 27.9 Å². The molecular formula is C10H15Cl2IN4O. The molecule has 0 radical (unpaired) electrons. The molecule has 0 spiro atoms. The molecule has 0 atom stereocenters. The third kappa shape index (κ3) is 5.92. The molecule has 0 fully saturated rings. The van der Waals surface area contributed by atoms with E-state index in [1.165, 1.54) is 6.20 Å². The molecule has 5 nitrogen and oxygen atoms in total. The molecule has 0 aliphatic rings. The van der Waals surface area contributed by atoms with Crippen molar-refractivity contribution in [2.45, 2.75) is 0 Å². The maximum Gasteiger partial charge on any atom is 0.232 e. The minimum absolute atomic E-state index is 0. The van der Waals surface area contributed by atoms with Crippen LogP contribution in [0.2, 0.25) is 10.0 Å². The largest absolute Gasteiger partial charge is 0.475 e. The van der Waals surface area contributed by atoms with Gasteiger partial charge in [-0.05, 0) is 6.07 Å². The Morgan fingerprint density at radius 1 is 1.50 bits per heavy atom. The zero-order valence-corrected chi connectivity index (χ0v) is 13.9. The van der Waals surface area contributed by atoms with Gasteiger partial charge in [0.2, 0.25) is 5.88 Å². The van der Waals surface area contributed by atoms with Gasteiger partial charge in [-0.3, -0.25) is 4.99 Å². The zero-order chi connectivity index (χ0) is 12.7. The van der Waals surface area contributed by atoms with Gasteiger partial charge in [-0.2, -0.15) is 0 Å². The third-order valence-electron chi connectivity index (χ3n) is 1.87. The molecule has 0 aliphatic heterocycles. The van der Waals surface area contributed by atoms with Gasteiger partial charge in [0.25, 0.3) is 0 Å². The van der Waals surface area contributed by atoms with Gasteiger partial charge in [0.1, 0.15) is 11.6 Å². The Hall–Kier alpha value is -0.470. The van der Waals surface area contributed by atoms with Crippen molar-refractivity contribution in [1.82, 2.24) is 15.6 Å².